The van der Waals surface area contributed by atoms with Crippen LogP contribution in [0.1, 0.15) is 22.6 Å². The zero-order chi connectivity index (χ0) is 18.5. The number of aromatic amines is 3. The quantitative estimate of drug-likeness (QED) is 0.331. The van der Waals surface area contributed by atoms with Gasteiger partial charge in [-0.3, -0.25) is 0 Å². The lowest BCUT2D eigenvalue weighted by molar-refractivity contribution is 1.01. The van der Waals surface area contributed by atoms with E-state index in [4.69, 9.17) is 0 Å². The zero-order valence-electron chi connectivity index (χ0n) is 15.2. The van der Waals surface area contributed by atoms with Crippen LogP contribution >= 0.6 is 0 Å². The van der Waals surface area contributed by atoms with Gasteiger partial charge in [0.05, 0.1) is 0 Å². The van der Waals surface area contributed by atoms with Gasteiger partial charge in [0.1, 0.15) is 0 Å². The summed E-state index contributed by atoms with van der Waals surface area (Å²) in [4.78, 5) is 10.4. The molecule has 3 heterocycles. The third-order valence-corrected chi connectivity index (χ3v) is 5.80. The van der Waals surface area contributed by atoms with Crippen LogP contribution in [0.25, 0.3) is 32.7 Å². The monoisotopic (exact) mass is 361 g/mol. The van der Waals surface area contributed by atoms with Crippen molar-refractivity contribution in [2.45, 2.75) is 5.92 Å². The lowest BCUT2D eigenvalue weighted by Gasteiger charge is -2.16. The molecule has 28 heavy (non-hydrogen) atoms. The summed E-state index contributed by atoms with van der Waals surface area (Å²) in [5.41, 5.74) is 7.40. The van der Waals surface area contributed by atoms with E-state index in [1.807, 2.05) is 0 Å². The lowest BCUT2D eigenvalue weighted by atomic mass is 9.84. The van der Waals surface area contributed by atoms with Crippen molar-refractivity contribution >= 4 is 32.7 Å². The molecule has 0 atom stereocenters. The van der Waals surface area contributed by atoms with Crippen molar-refractivity contribution < 1.29 is 0 Å². The van der Waals surface area contributed by atoms with E-state index >= 15 is 0 Å². The van der Waals surface area contributed by atoms with Crippen molar-refractivity contribution in [1.29, 1.82) is 0 Å². The molecular formula is C25H19N3. The Hall–Kier alpha value is -3.72. The Morgan fingerprint density at radius 1 is 0.429 bits per heavy atom. The molecule has 0 aliphatic heterocycles. The van der Waals surface area contributed by atoms with Crippen molar-refractivity contribution in [1.82, 2.24) is 15.0 Å². The van der Waals surface area contributed by atoms with E-state index in [9.17, 15) is 0 Å². The molecule has 3 nitrogen and oxygen atoms in total. The van der Waals surface area contributed by atoms with Gasteiger partial charge in [-0.2, -0.15) is 0 Å². The third kappa shape index (κ3) is 2.16. The fourth-order valence-electron chi connectivity index (χ4n) is 4.50. The van der Waals surface area contributed by atoms with Crippen LogP contribution in [0, 0.1) is 0 Å². The second-order valence-corrected chi connectivity index (χ2v) is 7.30. The molecule has 0 radical (unpaired) electrons. The minimum absolute atomic E-state index is 0.128. The molecule has 6 aromatic rings. The molecule has 0 aliphatic rings. The van der Waals surface area contributed by atoms with Crippen LogP contribution < -0.4 is 0 Å². The topological polar surface area (TPSA) is 47.4 Å². The number of aromatic nitrogens is 3. The maximum absolute atomic E-state index is 3.47. The Bertz CT molecular complexity index is 1250. The van der Waals surface area contributed by atoms with E-state index < -0.39 is 0 Å². The first-order chi connectivity index (χ1) is 13.9. The molecule has 0 amide bonds. The average Bonchev–Trinajstić information content (AvgIpc) is 3.47. The largest absolute Gasteiger partial charge is 0.361 e. The van der Waals surface area contributed by atoms with Crippen LogP contribution in [-0.4, -0.2) is 15.0 Å². The van der Waals surface area contributed by atoms with E-state index in [1.54, 1.807) is 0 Å². The van der Waals surface area contributed by atoms with Crippen molar-refractivity contribution in [2.75, 3.05) is 0 Å². The highest BCUT2D eigenvalue weighted by Gasteiger charge is 2.25. The van der Waals surface area contributed by atoms with Gasteiger partial charge in [0.15, 0.2) is 0 Å². The van der Waals surface area contributed by atoms with Gasteiger partial charge >= 0.3 is 0 Å². The highest BCUT2D eigenvalue weighted by molar-refractivity contribution is 5.92. The van der Waals surface area contributed by atoms with Gasteiger partial charge in [-0.05, 0) is 34.9 Å². The van der Waals surface area contributed by atoms with Crippen LogP contribution in [0.15, 0.2) is 91.4 Å². The number of hydrogen-bond acceptors (Lipinski definition) is 0. The highest BCUT2D eigenvalue weighted by Crippen LogP contribution is 2.41. The first-order valence-corrected chi connectivity index (χ1v) is 9.58. The Morgan fingerprint density at radius 2 is 0.750 bits per heavy atom. The van der Waals surface area contributed by atoms with Crippen LogP contribution in [0.3, 0.4) is 0 Å². The van der Waals surface area contributed by atoms with Gasteiger partial charge in [-0.1, -0.05) is 54.6 Å². The molecule has 0 unspecified atom stereocenters. The Kier molecular flexibility index (Phi) is 3.23. The molecule has 0 fully saturated rings. The van der Waals surface area contributed by atoms with Crippen molar-refractivity contribution in [2.24, 2.45) is 0 Å². The van der Waals surface area contributed by atoms with Gasteiger partial charge in [-0.25, -0.2) is 0 Å². The molecule has 0 saturated carbocycles. The number of hydrogen-bond donors (Lipinski definition) is 3. The van der Waals surface area contributed by atoms with Gasteiger partial charge < -0.3 is 15.0 Å². The fourth-order valence-corrected chi connectivity index (χ4v) is 4.50. The van der Waals surface area contributed by atoms with Crippen LogP contribution in [0.5, 0.6) is 0 Å². The molecule has 134 valence electrons. The molecule has 0 aliphatic carbocycles. The molecule has 3 aromatic heterocycles. The minimum Gasteiger partial charge on any atom is -0.361 e. The Balaban J connectivity index is 1.69. The summed E-state index contributed by atoms with van der Waals surface area (Å²) in [7, 11) is 0. The maximum Gasteiger partial charge on any atom is 0.0457 e. The van der Waals surface area contributed by atoms with E-state index in [0.717, 1.165) is 0 Å². The predicted molar refractivity (Wildman–Crippen MR) is 116 cm³/mol. The molecule has 6 rings (SSSR count). The summed E-state index contributed by atoms with van der Waals surface area (Å²) in [5.74, 6) is 0.128. The SMILES string of the molecule is c1ccc2c(C(c3c[nH]c4ccccc34)c3c[nH]c4ccccc34)c[nH]c2c1. The van der Waals surface area contributed by atoms with Crippen LogP contribution in [0.4, 0.5) is 0 Å². The minimum atomic E-state index is 0.128. The Labute approximate surface area is 162 Å². The second kappa shape index (κ2) is 5.89. The average molecular weight is 361 g/mol. The number of fused-ring (bicyclic) bond motifs is 3. The standard InChI is InChI=1S/C25H19N3/c1-4-10-22-16(7-1)19(13-26-22)25(20-14-27-23-11-5-2-8-17(20)23)21-15-28-24-12-6-3-9-18(21)24/h1-15,25-28H. The third-order valence-electron chi connectivity index (χ3n) is 5.80. The first-order valence-electron chi connectivity index (χ1n) is 9.58. The number of para-hydroxylation sites is 3. The second-order valence-electron chi connectivity index (χ2n) is 7.30. The highest BCUT2D eigenvalue weighted by atomic mass is 14.7. The predicted octanol–water partition coefficient (Wildman–Crippen LogP) is 6.31. The van der Waals surface area contributed by atoms with Crippen LogP contribution in [0.2, 0.25) is 0 Å². The van der Waals surface area contributed by atoms with Crippen molar-refractivity contribution in [3.05, 3.63) is 108 Å². The smallest absolute Gasteiger partial charge is 0.0457 e. The van der Waals surface area contributed by atoms with Crippen molar-refractivity contribution in [3.8, 4) is 0 Å². The summed E-state index contributed by atoms with van der Waals surface area (Å²) in [6.45, 7) is 0. The lowest BCUT2D eigenvalue weighted by Crippen LogP contribution is -2.01. The van der Waals surface area contributed by atoms with Gasteiger partial charge in [0.2, 0.25) is 0 Å². The summed E-state index contributed by atoms with van der Waals surface area (Å²) in [5, 5.41) is 3.80. The maximum atomic E-state index is 3.47. The normalized spacial score (nSPS) is 11.9. The van der Waals surface area contributed by atoms with E-state index in [1.165, 1.54) is 49.4 Å². The molecule has 0 bridgehead atoms. The fraction of sp³-hybridized carbons (Fsp3) is 0.0400. The summed E-state index contributed by atoms with van der Waals surface area (Å²) in [6.07, 6.45) is 6.50. The van der Waals surface area contributed by atoms with Crippen LogP contribution in [-0.2, 0) is 0 Å². The van der Waals surface area contributed by atoms with Crippen molar-refractivity contribution in [3.63, 3.8) is 0 Å². The van der Waals surface area contributed by atoms with E-state index in [2.05, 4.69) is 106 Å². The molecule has 3 aromatic carbocycles. The molecule has 0 spiro atoms. The summed E-state index contributed by atoms with van der Waals surface area (Å²) < 4.78 is 0. The van der Waals surface area contributed by atoms with Gasteiger partial charge in [-0.15, -0.1) is 0 Å². The number of rotatable bonds is 3. The summed E-state index contributed by atoms with van der Waals surface area (Å²) >= 11 is 0. The number of nitrogens with one attached hydrogen (secondary N) is 3. The molecule has 3 heteroatoms. The first kappa shape index (κ1) is 15.3. The molecule has 0 saturated heterocycles. The van der Waals surface area contributed by atoms with Gasteiger partial charge in [0.25, 0.3) is 0 Å². The summed E-state index contributed by atoms with van der Waals surface area (Å²) in [6, 6.07) is 25.6. The number of H-pyrrole nitrogens is 3. The number of benzene rings is 3. The van der Waals surface area contributed by atoms with E-state index in [-0.39, 0.29) is 5.92 Å². The van der Waals surface area contributed by atoms with E-state index in [0.29, 0.717) is 0 Å². The Morgan fingerprint density at radius 3 is 1.11 bits per heavy atom. The van der Waals surface area contributed by atoms with Gasteiger partial charge in [0, 0.05) is 57.2 Å². The molecular weight excluding hydrogens is 342 g/mol. The molecule has 3 N–H and O–H groups in total. The zero-order valence-corrected chi connectivity index (χ0v) is 15.2.